The predicted octanol–water partition coefficient (Wildman–Crippen LogP) is 5.16. The smallest absolute Gasteiger partial charge is 0.371 e. The summed E-state index contributed by atoms with van der Waals surface area (Å²) in [5.74, 6) is -1.66. The molecule has 26 heavy (non-hydrogen) atoms. The zero-order valence-corrected chi connectivity index (χ0v) is 17.6. The van der Waals surface area contributed by atoms with Crippen LogP contribution in [0.5, 0.6) is 5.75 Å². The number of rotatable bonds is 6. The van der Waals surface area contributed by atoms with E-state index >= 15 is 0 Å². The fourth-order valence-corrected chi connectivity index (χ4v) is 5.09. The van der Waals surface area contributed by atoms with E-state index in [1.54, 1.807) is 26.0 Å². The van der Waals surface area contributed by atoms with Crippen LogP contribution in [-0.4, -0.2) is 31.6 Å². The van der Waals surface area contributed by atoms with Gasteiger partial charge in [0.2, 0.25) is 5.85 Å². The molecule has 1 atom stereocenters. The van der Waals surface area contributed by atoms with Crippen LogP contribution >= 0.6 is 30.8 Å². The third-order valence-electron chi connectivity index (χ3n) is 3.64. The standard InChI is InChI=1S/C17H23Cl2O6P/c1-11(2)16(26(21)23-9-17(3,4)10-24-26)25-15(20)8-22-14-6-5-12(18)7-13(14)19/h5-7,11,16H,8-10H2,1-4H3. The van der Waals surface area contributed by atoms with Gasteiger partial charge in [-0.25, -0.2) is 4.79 Å². The van der Waals surface area contributed by atoms with Crippen molar-refractivity contribution < 1.29 is 27.9 Å². The number of esters is 1. The van der Waals surface area contributed by atoms with Crippen LogP contribution in [0, 0.1) is 11.3 Å². The molecule has 146 valence electrons. The van der Waals surface area contributed by atoms with Crippen LogP contribution in [0.25, 0.3) is 0 Å². The van der Waals surface area contributed by atoms with Gasteiger partial charge >= 0.3 is 13.6 Å². The zero-order chi connectivity index (χ0) is 19.5. The lowest BCUT2D eigenvalue weighted by atomic mass is 9.97. The minimum atomic E-state index is -3.57. The third kappa shape index (κ3) is 5.61. The highest BCUT2D eigenvalue weighted by molar-refractivity contribution is 7.54. The molecule has 0 N–H and O–H groups in total. The molecule has 0 bridgehead atoms. The largest absolute Gasteiger partial charge is 0.480 e. The zero-order valence-electron chi connectivity index (χ0n) is 15.2. The lowest BCUT2D eigenvalue weighted by Crippen LogP contribution is -2.35. The van der Waals surface area contributed by atoms with Crippen LogP contribution in [0.2, 0.25) is 10.0 Å². The van der Waals surface area contributed by atoms with E-state index in [-0.39, 0.29) is 29.6 Å². The minimum absolute atomic E-state index is 0.242. The average molecular weight is 425 g/mol. The molecule has 0 aromatic heterocycles. The number of halogens is 2. The van der Waals surface area contributed by atoms with Gasteiger partial charge < -0.3 is 18.5 Å². The Balaban J connectivity index is 1.99. The molecule has 0 spiro atoms. The topological polar surface area (TPSA) is 71.1 Å². The van der Waals surface area contributed by atoms with E-state index in [0.29, 0.717) is 10.8 Å². The summed E-state index contributed by atoms with van der Waals surface area (Å²) in [6.45, 7) is 7.58. The highest BCUT2D eigenvalue weighted by atomic mass is 35.5. The van der Waals surface area contributed by atoms with Gasteiger partial charge in [-0.15, -0.1) is 0 Å². The van der Waals surface area contributed by atoms with Crippen molar-refractivity contribution in [1.29, 1.82) is 0 Å². The first-order chi connectivity index (χ1) is 12.0. The molecule has 1 heterocycles. The molecule has 0 saturated carbocycles. The summed E-state index contributed by atoms with van der Waals surface area (Å²) in [5.41, 5.74) is -0.242. The van der Waals surface area contributed by atoms with Gasteiger partial charge in [0.1, 0.15) is 5.75 Å². The molecule has 1 aliphatic rings. The number of ether oxygens (including phenoxy) is 2. The maximum atomic E-state index is 13.0. The van der Waals surface area contributed by atoms with Crippen molar-refractivity contribution in [1.82, 2.24) is 0 Å². The van der Waals surface area contributed by atoms with E-state index in [1.165, 1.54) is 6.07 Å². The molecule has 9 heteroatoms. The fraction of sp³-hybridized carbons (Fsp3) is 0.588. The van der Waals surface area contributed by atoms with Crippen LogP contribution in [0.3, 0.4) is 0 Å². The van der Waals surface area contributed by atoms with Crippen LogP contribution in [-0.2, 0) is 23.1 Å². The highest BCUT2D eigenvalue weighted by Crippen LogP contribution is 2.59. The molecule has 1 aromatic carbocycles. The third-order valence-corrected chi connectivity index (χ3v) is 6.48. The van der Waals surface area contributed by atoms with E-state index in [4.69, 9.17) is 41.7 Å². The molecule has 1 aliphatic heterocycles. The monoisotopic (exact) mass is 424 g/mol. The SMILES string of the molecule is CC(C)C(OC(=O)COc1ccc(Cl)cc1Cl)P1(=O)OCC(C)(C)CO1. The Kier molecular flexibility index (Phi) is 7.03. The Labute approximate surface area is 163 Å². The first-order valence-corrected chi connectivity index (χ1v) is 10.6. The molecule has 1 unspecified atom stereocenters. The van der Waals surface area contributed by atoms with Crippen LogP contribution in [0.15, 0.2) is 18.2 Å². The van der Waals surface area contributed by atoms with Crippen molar-refractivity contribution in [2.45, 2.75) is 33.5 Å². The number of carbonyl (C=O) groups is 1. The normalized spacial score (nSPS) is 19.8. The number of carbonyl (C=O) groups excluding carboxylic acids is 1. The summed E-state index contributed by atoms with van der Waals surface area (Å²) in [6.07, 6.45) is 0. The van der Waals surface area contributed by atoms with Crippen LogP contribution < -0.4 is 4.74 Å². The summed E-state index contributed by atoms with van der Waals surface area (Å²) >= 11 is 11.8. The molecule has 2 rings (SSSR count). The molecule has 1 saturated heterocycles. The summed E-state index contributed by atoms with van der Waals surface area (Å²) in [4.78, 5) is 12.2. The lowest BCUT2D eigenvalue weighted by Gasteiger charge is -2.37. The van der Waals surface area contributed by atoms with Crippen molar-refractivity contribution >= 4 is 36.8 Å². The van der Waals surface area contributed by atoms with E-state index < -0.39 is 26.0 Å². The summed E-state index contributed by atoms with van der Waals surface area (Å²) in [6, 6.07) is 4.65. The molecule has 1 aromatic rings. The Morgan fingerprint density at radius 3 is 2.42 bits per heavy atom. The van der Waals surface area contributed by atoms with Gasteiger partial charge in [0, 0.05) is 16.4 Å². The fourth-order valence-electron chi connectivity index (χ4n) is 2.22. The minimum Gasteiger partial charge on any atom is -0.480 e. The van der Waals surface area contributed by atoms with Crippen molar-refractivity contribution in [3.63, 3.8) is 0 Å². The first kappa shape index (κ1) is 21.5. The van der Waals surface area contributed by atoms with Crippen LogP contribution in [0.1, 0.15) is 27.7 Å². The van der Waals surface area contributed by atoms with Crippen molar-refractivity contribution in [2.24, 2.45) is 11.3 Å². The summed E-state index contributed by atoms with van der Waals surface area (Å²) in [5, 5.41) is 0.733. The number of hydrogen-bond acceptors (Lipinski definition) is 6. The molecule has 1 fully saturated rings. The van der Waals surface area contributed by atoms with Gasteiger partial charge in [-0.1, -0.05) is 50.9 Å². The first-order valence-electron chi connectivity index (χ1n) is 8.18. The number of hydrogen-bond donors (Lipinski definition) is 0. The van der Waals surface area contributed by atoms with Gasteiger partial charge in [0.15, 0.2) is 6.61 Å². The van der Waals surface area contributed by atoms with E-state index in [0.717, 1.165) is 0 Å². The second-order valence-corrected chi connectivity index (χ2v) is 10.2. The van der Waals surface area contributed by atoms with Gasteiger partial charge in [-0.2, -0.15) is 0 Å². The second-order valence-electron chi connectivity index (χ2n) is 7.24. The molecule has 0 amide bonds. The molecule has 0 radical (unpaired) electrons. The maximum absolute atomic E-state index is 13.0. The molecule has 6 nitrogen and oxygen atoms in total. The van der Waals surface area contributed by atoms with Gasteiger partial charge in [0.25, 0.3) is 0 Å². The Hall–Kier alpha value is -0.780. The van der Waals surface area contributed by atoms with Crippen molar-refractivity contribution in [3.05, 3.63) is 28.2 Å². The van der Waals surface area contributed by atoms with Gasteiger partial charge in [-0.3, -0.25) is 4.57 Å². The van der Waals surface area contributed by atoms with Crippen molar-refractivity contribution in [2.75, 3.05) is 19.8 Å². The molecular weight excluding hydrogens is 402 g/mol. The molecular formula is C17H23Cl2O6P. The Morgan fingerprint density at radius 1 is 1.27 bits per heavy atom. The Morgan fingerprint density at radius 2 is 1.88 bits per heavy atom. The Bertz CT molecular complexity index is 692. The quantitative estimate of drug-likeness (QED) is 0.463. The maximum Gasteiger partial charge on any atom is 0.371 e. The van der Waals surface area contributed by atoms with Crippen molar-refractivity contribution in [3.8, 4) is 5.75 Å². The summed E-state index contributed by atoms with van der Waals surface area (Å²) in [7, 11) is -3.57. The highest BCUT2D eigenvalue weighted by Gasteiger charge is 2.46. The predicted molar refractivity (Wildman–Crippen MR) is 100.0 cm³/mol. The van der Waals surface area contributed by atoms with E-state index in [9.17, 15) is 9.36 Å². The average Bonchev–Trinajstić information content (AvgIpc) is 2.54. The van der Waals surface area contributed by atoms with Gasteiger partial charge in [0.05, 0.1) is 18.2 Å². The van der Waals surface area contributed by atoms with Gasteiger partial charge in [-0.05, 0) is 18.2 Å². The van der Waals surface area contributed by atoms with Crippen LogP contribution in [0.4, 0.5) is 0 Å². The summed E-state index contributed by atoms with van der Waals surface area (Å²) < 4.78 is 34.6. The second kappa shape index (κ2) is 8.49. The number of benzene rings is 1. The van der Waals surface area contributed by atoms with E-state index in [1.807, 2.05) is 13.8 Å². The van der Waals surface area contributed by atoms with E-state index in [2.05, 4.69) is 0 Å². The lowest BCUT2D eigenvalue weighted by molar-refractivity contribution is -0.151. The molecule has 0 aliphatic carbocycles.